The van der Waals surface area contributed by atoms with E-state index in [1.165, 1.54) is 0 Å². The first-order valence-electron chi connectivity index (χ1n) is 3.39. The monoisotopic (exact) mass is 155 g/mol. The Morgan fingerprint density at radius 1 is 1.82 bits per heavy atom. The van der Waals surface area contributed by atoms with Crippen molar-refractivity contribution < 1.29 is 9.21 Å². The molecule has 1 aromatic heterocycles. The van der Waals surface area contributed by atoms with Gasteiger partial charge in [0, 0.05) is 6.54 Å². The molecule has 5 heteroatoms. The van der Waals surface area contributed by atoms with Crippen LogP contribution in [0.25, 0.3) is 0 Å². The van der Waals surface area contributed by atoms with Crippen molar-refractivity contribution in [3.05, 3.63) is 12.3 Å². The van der Waals surface area contributed by atoms with Gasteiger partial charge in [0.25, 0.3) is 0 Å². The highest BCUT2D eigenvalue weighted by atomic mass is 16.4. The first kappa shape index (κ1) is 7.71. The third kappa shape index (κ3) is 2.03. The molecule has 0 saturated carbocycles. The number of amides is 1. The number of nitrogens with one attached hydrogen (secondary N) is 1. The van der Waals surface area contributed by atoms with Gasteiger partial charge in [0.1, 0.15) is 0 Å². The van der Waals surface area contributed by atoms with Crippen LogP contribution in [0.5, 0.6) is 0 Å². The summed E-state index contributed by atoms with van der Waals surface area (Å²) < 4.78 is 4.66. The maximum absolute atomic E-state index is 11.0. The van der Waals surface area contributed by atoms with Crippen LogP contribution in [-0.2, 0) is 0 Å². The second-order valence-corrected chi connectivity index (χ2v) is 2.00. The van der Waals surface area contributed by atoms with E-state index in [0.717, 1.165) is 12.8 Å². The zero-order chi connectivity index (χ0) is 8.10. The lowest BCUT2D eigenvalue weighted by molar-refractivity contribution is 0.0919. The summed E-state index contributed by atoms with van der Waals surface area (Å²) in [7, 11) is 0. The molecule has 1 N–H and O–H groups in total. The van der Waals surface area contributed by atoms with Crippen LogP contribution in [-0.4, -0.2) is 22.6 Å². The van der Waals surface area contributed by atoms with Crippen molar-refractivity contribution in [3.8, 4) is 0 Å². The topological polar surface area (TPSA) is 68.0 Å². The summed E-state index contributed by atoms with van der Waals surface area (Å²) >= 11 is 0. The fourth-order valence-corrected chi connectivity index (χ4v) is 0.586. The first-order valence-corrected chi connectivity index (χ1v) is 3.39. The van der Waals surface area contributed by atoms with Crippen molar-refractivity contribution in [1.29, 1.82) is 0 Å². The Hall–Kier alpha value is -1.39. The van der Waals surface area contributed by atoms with Crippen LogP contribution in [0, 0.1) is 0 Å². The van der Waals surface area contributed by atoms with E-state index in [0.29, 0.717) is 6.54 Å². The number of hydrogen-bond donors (Lipinski definition) is 1. The van der Waals surface area contributed by atoms with E-state index in [9.17, 15) is 4.79 Å². The van der Waals surface area contributed by atoms with Gasteiger partial charge in [-0.1, -0.05) is 6.92 Å². The van der Waals surface area contributed by atoms with Crippen molar-refractivity contribution >= 4 is 5.91 Å². The molecule has 1 aromatic rings. The maximum atomic E-state index is 11.0. The molecule has 1 rings (SSSR count). The van der Waals surface area contributed by atoms with Gasteiger partial charge in [-0.25, -0.2) is 0 Å². The third-order valence-electron chi connectivity index (χ3n) is 1.09. The first-order chi connectivity index (χ1) is 5.34. The average Bonchev–Trinajstić information content (AvgIpc) is 2.52. The number of aromatic nitrogens is 2. The summed E-state index contributed by atoms with van der Waals surface area (Å²) in [6, 6.07) is 0. The zero-order valence-electron chi connectivity index (χ0n) is 6.20. The van der Waals surface area contributed by atoms with Crippen LogP contribution < -0.4 is 5.32 Å². The maximum Gasteiger partial charge on any atom is 0.308 e. The Morgan fingerprint density at radius 2 is 2.64 bits per heavy atom. The van der Waals surface area contributed by atoms with Crippen molar-refractivity contribution in [2.45, 2.75) is 13.3 Å². The van der Waals surface area contributed by atoms with Gasteiger partial charge in [0.2, 0.25) is 6.39 Å². The van der Waals surface area contributed by atoms with Crippen molar-refractivity contribution in [1.82, 2.24) is 15.5 Å². The van der Waals surface area contributed by atoms with E-state index in [4.69, 9.17) is 0 Å². The second-order valence-electron chi connectivity index (χ2n) is 2.00. The molecule has 60 valence electrons. The molecule has 1 amide bonds. The van der Waals surface area contributed by atoms with Crippen LogP contribution in [0.4, 0.5) is 0 Å². The molecule has 0 atom stereocenters. The Balaban J connectivity index is 2.43. The molecule has 0 spiro atoms. The number of hydrogen-bond acceptors (Lipinski definition) is 4. The van der Waals surface area contributed by atoms with E-state index in [-0.39, 0.29) is 11.8 Å². The van der Waals surface area contributed by atoms with Gasteiger partial charge in [0.05, 0.1) is 0 Å². The highest BCUT2D eigenvalue weighted by molar-refractivity contribution is 5.89. The predicted octanol–water partition coefficient (Wildman–Crippen LogP) is 0.209. The molecule has 0 unspecified atom stereocenters. The molecule has 0 aliphatic carbocycles. The van der Waals surface area contributed by atoms with Gasteiger partial charge in [-0.2, -0.15) is 0 Å². The normalized spacial score (nSPS) is 9.55. The average molecular weight is 155 g/mol. The van der Waals surface area contributed by atoms with E-state index < -0.39 is 0 Å². The van der Waals surface area contributed by atoms with E-state index in [1.54, 1.807) is 0 Å². The predicted molar refractivity (Wildman–Crippen MR) is 36.9 cm³/mol. The van der Waals surface area contributed by atoms with Crippen LogP contribution in [0.1, 0.15) is 24.0 Å². The minimum Gasteiger partial charge on any atom is -0.420 e. The highest BCUT2D eigenvalue weighted by Gasteiger charge is 2.08. The van der Waals surface area contributed by atoms with Gasteiger partial charge >= 0.3 is 11.8 Å². The Morgan fingerprint density at radius 3 is 3.18 bits per heavy atom. The smallest absolute Gasteiger partial charge is 0.308 e. The molecular formula is C6H9N3O2. The van der Waals surface area contributed by atoms with Crippen LogP contribution in [0.15, 0.2) is 10.8 Å². The lowest BCUT2D eigenvalue weighted by Gasteiger charge is -1.96. The van der Waals surface area contributed by atoms with Gasteiger partial charge in [-0.05, 0) is 6.42 Å². The summed E-state index contributed by atoms with van der Waals surface area (Å²) in [5.74, 6) is -0.303. The third-order valence-corrected chi connectivity index (χ3v) is 1.09. The SMILES string of the molecule is CCCNC(=O)c1nnco1. The number of rotatable bonds is 3. The molecule has 1 heterocycles. The fraction of sp³-hybridized carbons (Fsp3) is 0.500. The molecule has 0 aliphatic rings. The van der Waals surface area contributed by atoms with Gasteiger partial charge in [-0.15, -0.1) is 10.2 Å². The lowest BCUT2D eigenvalue weighted by Crippen LogP contribution is -2.24. The minimum atomic E-state index is -0.315. The van der Waals surface area contributed by atoms with E-state index in [2.05, 4.69) is 19.9 Å². The summed E-state index contributed by atoms with van der Waals surface area (Å²) in [4.78, 5) is 11.0. The molecule has 0 bridgehead atoms. The Bertz CT molecular complexity index is 220. The van der Waals surface area contributed by atoms with Crippen LogP contribution in [0.3, 0.4) is 0 Å². The van der Waals surface area contributed by atoms with Crippen molar-refractivity contribution in [2.24, 2.45) is 0 Å². The molecule has 11 heavy (non-hydrogen) atoms. The van der Waals surface area contributed by atoms with Gasteiger partial charge < -0.3 is 9.73 Å². The van der Waals surface area contributed by atoms with Crippen molar-refractivity contribution in [2.75, 3.05) is 6.54 Å². The lowest BCUT2D eigenvalue weighted by atomic mass is 10.4. The largest absolute Gasteiger partial charge is 0.420 e. The molecule has 0 aliphatic heterocycles. The standard InChI is InChI=1S/C6H9N3O2/c1-2-3-7-5(10)6-9-8-4-11-6/h4H,2-3H2,1H3,(H,7,10). The van der Waals surface area contributed by atoms with Gasteiger partial charge in [-0.3, -0.25) is 4.79 Å². The van der Waals surface area contributed by atoms with Crippen LogP contribution in [0.2, 0.25) is 0 Å². The molecular weight excluding hydrogens is 146 g/mol. The summed E-state index contributed by atoms with van der Waals surface area (Å²) in [5.41, 5.74) is 0. The zero-order valence-corrected chi connectivity index (χ0v) is 6.20. The molecule has 5 nitrogen and oxygen atoms in total. The minimum absolute atomic E-state index is 0.0125. The summed E-state index contributed by atoms with van der Waals surface area (Å²) in [6.45, 7) is 2.59. The number of nitrogens with zero attached hydrogens (tertiary/aromatic N) is 2. The van der Waals surface area contributed by atoms with E-state index >= 15 is 0 Å². The number of carbonyl (C=O) groups excluding carboxylic acids is 1. The molecule has 0 saturated heterocycles. The molecule has 0 aromatic carbocycles. The quantitative estimate of drug-likeness (QED) is 0.677. The molecule has 0 fully saturated rings. The van der Waals surface area contributed by atoms with Crippen molar-refractivity contribution in [3.63, 3.8) is 0 Å². The summed E-state index contributed by atoms with van der Waals surface area (Å²) in [5, 5.41) is 9.41. The highest BCUT2D eigenvalue weighted by Crippen LogP contribution is 1.89. The second kappa shape index (κ2) is 3.70. The number of carbonyl (C=O) groups is 1. The summed E-state index contributed by atoms with van der Waals surface area (Å²) in [6.07, 6.45) is 2.01. The van der Waals surface area contributed by atoms with Gasteiger partial charge in [0.15, 0.2) is 0 Å². The Kier molecular flexibility index (Phi) is 2.59. The Labute approximate surface area is 63.8 Å². The molecule has 0 radical (unpaired) electrons. The fourth-order valence-electron chi connectivity index (χ4n) is 0.586. The van der Waals surface area contributed by atoms with Crippen LogP contribution >= 0.6 is 0 Å². The van der Waals surface area contributed by atoms with E-state index in [1.807, 2.05) is 6.92 Å².